The van der Waals surface area contributed by atoms with Crippen molar-refractivity contribution in [3.63, 3.8) is 0 Å². The number of aromatic nitrogens is 5. The molecule has 2 aromatic heterocycles. The van der Waals surface area contributed by atoms with Crippen molar-refractivity contribution < 1.29 is 13.9 Å². The number of imidazole rings is 1. The second-order valence-corrected chi connectivity index (χ2v) is 6.99. The van der Waals surface area contributed by atoms with Gasteiger partial charge in [0.1, 0.15) is 30.5 Å². The number of nitrogens with one attached hydrogen (secondary N) is 1. The molecule has 0 saturated heterocycles. The Morgan fingerprint density at radius 2 is 2.03 bits per heavy atom. The molecular weight excluding hydrogens is 387 g/mol. The number of ether oxygens (including phenoxy) is 1. The van der Waals surface area contributed by atoms with Crippen LogP contribution in [0, 0.1) is 0 Å². The van der Waals surface area contributed by atoms with Gasteiger partial charge in [-0.2, -0.15) is 0 Å². The fourth-order valence-corrected chi connectivity index (χ4v) is 3.64. The minimum Gasteiger partial charge on any atom is -0.487 e. The SMILES string of the molecule is O=C1NCCn2c(-c3ccc(OCc4cn(CCF)nn4)cc3)nc3cccc1c32. The zero-order valence-electron chi connectivity index (χ0n) is 16.1. The van der Waals surface area contributed by atoms with Gasteiger partial charge < -0.3 is 14.6 Å². The van der Waals surface area contributed by atoms with Crippen LogP contribution < -0.4 is 10.1 Å². The summed E-state index contributed by atoms with van der Waals surface area (Å²) in [4.78, 5) is 17.1. The summed E-state index contributed by atoms with van der Waals surface area (Å²) in [6, 6.07) is 13.2. The number of carbonyl (C=O) groups excluding carboxylic acids is 1. The molecule has 1 aliphatic heterocycles. The van der Waals surface area contributed by atoms with Crippen LogP contribution in [0.4, 0.5) is 4.39 Å². The summed E-state index contributed by atoms with van der Waals surface area (Å²) in [7, 11) is 0. The van der Waals surface area contributed by atoms with Crippen LogP contribution in [0.15, 0.2) is 48.7 Å². The summed E-state index contributed by atoms with van der Waals surface area (Å²) >= 11 is 0. The van der Waals surface area contributed by atoms with Gasteiger partial charge in [0.15, 0.2) is 0 Å². The molecule has 0 fully saturated rings. The van der Waals surface area contributed by atoms with Gasteiger partial charge >= 0.3 is 0 Å². The van der Waals surface area contributed by atoms with E-state index in [9.17, 15) is 9.18 Å². The molecule has 0 radical (unpaired) electrons. The van der Waals surface area contributed by atoms with Gasteiger partial charge in [0.2, 0.25) is 0 Å². The largest absolute Gasteiger partial charge is 0.487 e. The van der Waals surface area contributed by atoms with Gasteiger partial charge in [-0.15, -0.1) is 5.10 Å². The standard InChI is InChI=1S/C21H19FN6O2/c22-8-10-27-12-15(25-26-27)13-30-16-6-4-14(5-7-16)20-24-18-3-1-2-17-19(18)28(20)11-9-23-21(17)29/h1-7,12H,8-11,13H2,(H,23,29). The lowest BCUT2D eigenvalue weighted by atomic mass is 10.1. The highest BCUT2D eigenvalue weighted by molar-refractivity contribution is 6.06. The van der Waals surface area contributed by atoms with E-state index >= 15 is 0 Å². The number of halogens is 1. The van der Waals surface area contributed by atoms with Crippen molar-refractivity contribution in [2.24, 2.45) is 0 Å². The van der Waals surface area contributed by atoms with Crippen molar-refractivity contribution in [1.82, 2.24) is 29.9 Å². The molecule has 30 heavy (non-hydrogen) atoms. The van der Waals surface area contributed by atoms with Gasteiger partial charge in [-0.3, -0.25) is 4.79 Å². The molecule has 0 aliphatic carbocycles. The molecule has 0 unspecified atom stereocenters. The minimum absolute atomic E-state index is 0.0713. The van der Waals surface area contributed by atoms with E-state index in [0.717, 1.165) is 22.4 Å². The number of hydrogen-bond donors (Lipinski definition) is 1. The molecule has 9 heteroatoms. The Labute approximate surface area is 171 Å². The summed E-state index contributed by atoms with van der Waals surface area (Å²) in [6.45, 7) is 1.16. The van der Waals surface area contributed by atoms with Crippen molar-refractivity contribution in [3.05, 3.63) is 59.9 Å². The Kier molecular flexibility index (Phi) is 4.62. The Morgan fingerprint density at radius 1 is 1.17 bits per heavy atom. The van der Waals surface area contributed by atoms with Gasteiger partial charge in [-0.05, 0) is 36.4 Å². The van der Waals surface area contributed by atoms with E-state index in [-0.39, 0.29) is 19.1 Å². The maximum absolute atomic E-state index is 12.4. The zero-order valence-corrected chi connectivity index (χ0v) is 16.1. The summed E-state index contributed by atoms with van der Waals surface area (Å²) in [5.74, 6) is 1.43. The van der Waals surface area contributed by atoms with Crippen molar-refractivity contribution in [2.75, 3.05) is 13.2 Å². The summed E-state index contributed by atoms with van der Waals surface area (Å²) in [5, 5.41) is 10.7. The number of benzene rings is 2. The molecule has 2 aromatic carbocycles. The predicted molar refractivity (Wildman–Crippen MR) is 108 cm³/mol. The number of alkyl halides is 1. The van der Waals surface area contributed by atoms with Crippen LogP contribution in [0.25, 0.3) is 22.4 Å². The van der Waals surface area contributed by atoms with Gasteiger partial charge in [0, 0.05) is 18.7 Å². The van der Waals surface area contributed by atoms with E-state index in [2.05, 4.69) is 20.2 Å². The molecule has 1 aliphatic rings. The van der Waals surface area contributed by atoms with E-state index < -0.39 is 6.67 Å². The molecule has 0 saturated carbocycles. The first-order chi connectivity index (χ1) is 14.7. The van der Waals surface area contributed by atoms with Crippen LogP contribution in [0.3, 0.4) is 0 Å². The number of rotatable bonds is 6. The Hall–Kier alpha value is -3.75. The molecule has 1 N–H and O–H groups in total. The van der Waals surface area contributed by atoms with Crippen LogP contribution in [-0.2, 0) is 19.7 Å². The second-order valence-electron chi connectivity index (χ2n) is 6.99. The molecule has 3 heterocycles. The van der Waals surface area contributed by atoms with Crippen LogP contribution in [-0.4, -0.2) is 43.7 Å². The number of para-hydroxylation sites is 1. The van der Waals surface area contributed by atoms with Crippen molar-refractivity contribution in [2.45, 2.75) is 19.7 Å². The van der Waals surface area contributed by atoms with Crippen LogP contribution in [0.5, 0.6) is 5.75 Å². The monoisotopic (exact) mass is 406 g/mol. The molecule has 4 aromatic rings. The maximum Gasteiger partial charge on any atom is 0.253 e. The average Bonchev–Trinajstić information content (AvgIpc) is 3.32. The second kappa shape index (κ2) is 7.58. The first-order valence-electron chi connectivity index (χ1n) is 9.68. The molecular formula is C21H19FN6O2. The number of aryl methyl sites for hydroxylation is 1. The molecule has 0 spiro atoms. The highest BCUT2D eigenvalue weighted by Gasteiger charge is 2.21. The molecule has 152 valence electrons. The summed E-state index contributed by atoms with van der Waals surface area (Å²) in [5.41, 5.74) is 3.88. The fourth-order valence-electron chi connectivity index (χ4n) is 3.64. The maximum atomic E-state index is 12.4. The summed E-state index contributed by atoms with van der Waals surface area (Å²) in [6.07, 6.45) is 1.67. The van der Waals surface area contributed by atoms with E-state index in [1.807, 2.05) is 42.5 Å². The third-order valence-electron chi connectivity index (χ3n) is 5.03. The highest BCUT2D eigenvalue weighted by Crippen LogP contribution is 2.29. The fraction of sp³-hybridized carbons (Fsp3) is 0.238. The number of carbonyl (C=O) groups is 1. The van der Waals surface area contributed by atoms with Gasteiger partial charge in [0.05, 0.1) is 29.3 Å². The van der Waals surface area contributed by atoms with Gasteiger partial charge in [-0.1, -0.05) is 11.3 Å². The summed E-state index contributed by atoms with van der Waals surface area (Å²) < 4.78 is 21.7. The smallest absolute Gasteiger partial charge is 0.253 e. The lowest BCUT2D eigenvalue weighted by Gasteiger charge is -2.08. The lowest BCUT2D eigenvalue weighted by Crippen LogP contribution is -2.24. The minimum atomic E-state index is -0.485. The first kappa shape index (κ1) is 18.3. The van der Waals surface area contributed by atoms with Crippen LogP contribution in [0.1, 0.15) is 16.1 Å². The van der Waals surface area contributed by atoms with Crippen molar-refractivity contribution in [3.8, 4) is 17.1 Å². The quantitative estimate of drug-likeness (QED) is 0.532. The van der Waals surface area contributed by atoms with Crippen molar-refractivity contribution in [1.29, 1.82) is 0 Å². The molecule has 0 atom stereocenters. The molecule has 0 bridgehead atoms. The number of amides is 1. The lowest BCUT2D eigenvalue weighted by molar-refractivity contribution is 0.0956. The highest BCUT2D eigenvalue weighted by atomic mass is 19.1. The normalized spacial score (nSPS) is 13.3. The Morgan fingerprint density at radius 3 is 2.87 bits per heavy atom. The first-order valence-corrected chi connectivity index (χ1v) is 9.68. The number of nitrogens with zero attached hydrogens (tertiary/aromatic N) is 5. The van der Waals surface area contributed by atoms with Crippen molar-refractivity contribution >= 4 is 16.9 Å². The van der Waals surface area contributed by atoms with E-state index in [1.54, 1.807) is 6.20 Å². The topological polar surface area (TPSA) is 86.9 Å². The molecule has 8 nitrogen and oxygen atoms in total. The van der Waals surface area contributed by atoms with E-state index in [4.69, 9.17) is 9.72 Å². The number of hydrogen-bond acceptors (Lipinski definition) is 5. The average molecular weight is 406 g/mol. The molecule has 5 rings (SSSR count). The Bertz CT molecular complexity index is 1210. The Balaban J connectivity index is 1.39. The predicted octanol–water partition coefficient (Wildman–Crippen LogP) is 2.59. The third kappa shape index (κ3) is 3.28. The van der Waals surface area contributed by atoms with Crippen LogP contribution in [0.2, 0.25) is 0 Å². The van der Waals surface area contributed by atoms with E-state index in [0.29, 0.717) is 30.1 Å². The zero-order chi connectivity index (χ0) is 20.5. The van der Waals surface area contributed by atoms with Crippen LogP contribution >= 0.6 is 0 Å². The van der Waals surface area contributed by atoms with E-state index in [1.165, 1.54) is 4.68 Å². The third-order valence-corrected chi connectivity index (χ3v) is 5.03. The van der Waals surface area contributed by atoms with Gasteiger partial charge in [-0.25, -0.2) is 14.1 Å². The van der Waals surface area contributed by atoms with Gasteiger partial charge in [0.25, 0.3) is 5.91 Å². The molecule has 1 amide bonds.